The Morgan fingerprint density at radius 2 is 1.77 bits per heavy atom. The number of hydrogen-bond acceptors (Lipinski definition) is 6. The maximum Gasteiger partial charge on any atom is 0.274 e. The summed E-state index contributed by atoms with van der Waals surface area (Å²) in [7, 11) is 2.93. The molecule has 0 radical (unpaired) electrons. The molecule has 2 aromatic carbocycles. The molecule has 2 bridgehead atoms. The standard InChI is InChI=1S/C31H30F3N3O6/c1-41-27-23-22(29(39)35-14-19-20(33)12-18(32)13-21(19)34)25(38)26(43-15-17-8-4-3-5-9-17)24-30(40)36-11-7-6-10-31(16-36,37(23)24)28(27)42-2/h3-5,8-9,12-13,27-28H,6-7,10-11,14-16H2,1-2H3,(H,35,39). The number of amides is 2. The number of aromatic nitrogens is 1. The number of hydrogen-bond donors (Lipinski definition) is 1. The SMILES string of the molecule is COC1c2c(C(=O)NCc3c(F)cc(F)cc3F)c(=O)c(OCc3ccccc3)c3n2C2(CCCCN(C2)C3=O)C1OC. The molecule has 226 valence electrons. The van der Waals surface area contributed by atoms with Gasteiger partial charge in [-0.05, 0) is 24.8 Å². The van der Waals surface area contributed by atoms with Crippen molar-refractivity contribution in [1.82, 2.24) is 14.8 Å². The topological polar surface area (TPSA) is 99.1 Å². The van der Waals surface area contributed by atoms with Gasteiger partial charge in [-0.15, -0.1) is 0 Å². The van der Waals surface area contributed by atoms with Gasteiger partial charge in [0.1, 0.15) is 41.8 Å². The second kappa shape index (κ2) is 11.2. The number of rotatable bonds is 8. The quantitative estimate of drug-likeness (QED) is 0.424. The zero-order valence-electron chi connectivity index (χ0n) is 23.6. The van der Waals surface area contributed by atoms with Crippen molar-refractivity contribution in [1.29, 1.82) is 0 Å². The van der Waals surface area contributed by atoms with Crippen molar-refractivity contribution in [2.45, 2.75) is 50.2 Å². The van der Waals surface area contributed by atoms with Crippen LogP contribution in [-0.4, -0.2) is 54.7 Å². The van der Waals surface area contributed by atoms with Crippen LogP contribution >= 0.6 is 0 Å². The number of carbonyl (C=O) groups excluding carboxylic acids is 2. The highest BCUT2D eigenvalue weighted by atomic mass is 19.1. The molecule has 1 N–H and O–H groups in total. The van der Waals surface area contributed by atoms with Crippen molar-refractivity contribution in [3.63, 3.8) is 0 Å². The number of pyridine rings is 1. The number of methoxy groups -OCH3 is 2. The van der Waals surface area contributed by atoms with Crippen LogP contribution in [0.25, 0.3) is 0 Å². The molecule has 43 heavy (non-hydrogen) atoms. The molecule has 0 aliphatic carbocycles. The first-order valence-electron chi connectivity index (χ1n) is 14.0. The maximum atomic E-state index is 14.4. The van der Waals surface area contributed by atoms with E-state index in [9.17, 15) is 27.6 Å². The minimum atomic E-state index is -1.19. The Bertz CT molecular complexity index is 1640. The summed E-state index contributed by atoms with van der Waals surface area (Å²) in [6.45, 7) is 0.0314. The molecule has 4 heterocycles. The Kier molecular flexibility index (Phi) is 7.51. The van der Waals surface area contributed by atoms with E-state index in [4.69, 9.17) is 14.2 Å². The number of fused-ring (bicyclic) bond motifs is 1. The lowest BCUT2D eigenvalue weighted by Crippen LogP contribution is -2.57. The molecule has 3 atom stereocenters. The van der Waals surface area contributed by atoms with Crippen LogP contribution in [-0.2, 0) is 28.2 Å². The molecule has 3 unspecified atom stereocenters. The van der Waals surface area contributed by atoms with Gasteiger partial charge in [0.05, 0.1) is 11.2 Å². The van der Waals surface area contributed by atoms with Crippen LogP contribution in [0.15, 0.2) is 47.3 Å². The summed E-state index contributed by atoms with van der Waals surface area (Å²) in [5, 5.41) is 2.41. The molecule has 3 aromatic rings. The van der Waals surface area contributed by atoms with Gasteiger partial charge in [-0.3, -0.25) is 14.4 Å². The van der Waals surface area contributed by atoms with Crippen molar-refractivity contribution in [2.24, 2.45) is 0 Å². The number of halogens is 3. The predicted molar refractivity (Wildman–Crippen MR) is 147 cm³/mol. The van der Waals surface area contributed by atoms with E-state index in [2.05, 4.69) is 5.32 Å². The molecule has 6 rings (SSSR count). The Labute approximate surface area is 245 Å². The smallest absolute Gasteiger partial charge is 0.274 e. The van der Waals surface area contributed by atoms with Crippen LogP contribution in [0.5, 0.6) is 5.75 Å². The van der Waals surface area contributed by atoms with E-state index in [1.807, 2.05) is 6.07 Å². The van der Waals surface area contributed by atoms with Gasteiger partial charge in [-0.25, -0.2) is 13.2 Å². The van der Waals surface area contributed by atoms with Gasteiger partial charge < -0.3 is 29.0 Å². The summed E-state index contributed by atoms with van der Waals surface area (Å²) >= 11 is 0. The van der Waals surface area contributed by atoms with E-state index in [1.165, 1.54) is 14.2 Å². The largest absolute Gasteiger partial charge is 0.483 e. The summed E-state index contributed by atoms with van der Waals surface area (Å²) in [4.78, 5) is 43.7. The van der Waals surface area contributed by atoms with E-state index in [0.29, 0.717) is 25.1 Å². The first-order valence-corrected chi connectivity index (χ1v) is 14.0. The number of benzene rings is 2. The molecule has 2 amide bonds. The normalized spacial score (nSPS) is 22.3. The zero-order valence-corrected chi connectivity index (χ0v) is 23.6. The number of ether oxygens (including phenoxy) is 3. The third kappa shape index (κ3) is 4.60. The molecular weight excluding hydrogens is 567 g/mol. The average molecular weight is 598 g/mol. The maximum absolute atomic E-state index is 14.4. The van der Waals surface area contributed by atoms with Crippen LogP contribution in [0.1, 0.15) is 63.0 Å². The van der Waals surface area contributed by atoms with Crippen molar-refractivity contribution < 1.29 is 37.0 Å². The lowest BCUT2D eigenvalue weighted by molar-refractivity contribution is -0.0818. The molecular formula is C31H30F3N3O6. The van der Waals surface area contributed by atoms with E-state index in [1.54, 1.807) is 33.7 Å². The highest BCUT2D eigenvalue weighted by Crippen LogP contribution is 2.52. The first kappa shape index (κ1) is 28.9. The highest BCUT2D eigenvalue weighted by molar-refractivity contribution is 6.01. The molecule has 1 fully saturated rings. The second-order valence-corrected chi connectivity index (χ2v) is 11.0. The minimum absolute atomic E-state index is 0.0119. The number of carbonyl (C=O) groups is 2. The predicted octanol–water partition coefficient (Wildman–Crippen LogP) is 3.83. The van der Waals surface area contributed by atoms with Crippen LogP contribution in [0.3, 0.4) is 0 Å². The second-order valence-electron chi connectivity index (χ2n) is 11.0. The van der Waals surface area contributed by atoms with E-state index in [0.717, 1.165) is 18.4 Å². The molecule has 3 aliphatic heterocycles. The van der Waals surface area contributed by atoms with Gasteiger partial charge in [0, 0.05) is 51.6 Å². The molecule has 1 saturated heterocycles. The number of nitrogens with one attached hydrogen (secondary N) is 1. The van der Waals surface area contributed by atoms with Crippen molar-refractivity contribution >= 4 is 11.8 Å². The Hall–Kier alpha value is -4.16. The van der Waals surface area contributed by atoms with E-state index >= 15 is 0 Å². The van der Waals surface area contributed by atoms with Crippen LogP contribution < -0.4 is 15.5 Å². The van der Waals surface area contributed by atoms with Crippen LogP contribution in [0.4, 0.5) is 13.2 Å². The Balaban J connectivity index is 1.54. The molecule has 9 nitrogen and oxygen atoms in total. The summed E-state index contributed by atoms with van der Waals surface area (Å²) in [6.07, 6.45) is 0.453. The fourth-order valence-corrected chi connectivity index (χ4v) is 6.77. The fourth-order valence-electron chi connectivity index (χ4n) is 6.77. The van der Waals surface area contributed by atoms with E-state index < -0.39 is 64.5 Å². The average Bonchev–Trinajstić information content (AvgIpc) is 3.10. The third-order valence-corrected chi connectivity index (χ3v) is 8.62. The van der Waals surface area contributed by atoms with Crippen molar-refractivity contribution in [3.05, 3.63) is 98.2 Å². The monoisotopic (exact) mass is 597 g/mol. The molecule has 1 aromatic heterocycles. The fraction of sp³-hybridized carbons (Fsp3) is 0.387. The zero-order chi connectivity index (χ0) is 30.5. The highest BCUT2D eigenvalue weighted by Gasteiger charge is 2.60. The van der Waals surface area contributed by atoms with Gasteiger partial charge in [0.25, 0.3) is 11.8 Å². The summed E-state index contributed by atoms with van der Waals surface area (Å²) in [5.74, 6) is -5.15. The van der Waals surface area contributed by atoms with Gasteiger partial charge in [0.15, 0.2) is 11.4 Å². The van der Waals surface area contributed by atoms with Gasteiger partial charge >= 0.3 is 0 Å². The van der Waals surface area contributed by atoms with E-state index in [-0.39, 0.29) is 35.9 Å². The van der Waals surface area contributed by atoms with Gasteiger partial charge in [0.2, 0.25) is 5.43 Å². The lowest BCUT2D eigenvalue weighted by atomic mass is 9.85. The summed E-state index contributed by atoms with van der Waals surface area (Å²) in [5.41, 5.74) is -1.82. The molecule has 0 saturated carbocycles. The molecule has 3 aliphatic rings. The summed E-state index contributed by atoms with van der Waals surface area (Å²) < 4.78 is 61.8. The van der Waals surface area contributed by atoms with Crippen molar-refractivity contribution in [3.8, 4) is 5.75 Å². The summed E-state index contributed by atoms with van der Waals surface area (Å²) in [6, 6.07) is 10.0. The van der Waals surface area contributed by atoms with Crippen LogP contribution in [0, 0.1) is 17.5 Å². The minimum Gasteiger partial charge on any atom is -0.483 e. The Morgan fingerprint density at radius 3 is 2.44 bits per heavy atom. The van der Waals surface area contributed by atoms with Gasteiger partial charge in [-0.1, -0.05) is 30.3 Å². The van der Waals surface area contributed by atoms with Crippen molar-refractivity contribution in [2.75, 3.05) is 27.3 Å². The molecule has 12 heteroatoms. The first-order chi connectivity index (χ1) is 20.7. The Morgan fingerprint density at radius 1 is 1.05 bits per heavy atom. The third-order valence-electron chi connectivity index (χ3n) is 8.62. The van der Waals surface area contributed by atoms with Gasteiger partial charge in [-0.2, -0.15) is 0 Å². The lowest BCUT2D eigenvalue weighted by Gasteiger charge is -2.44. The van der Waals surface area contributed by atoms with Crippen LogP contribution in [0.2, 0.25) is 0 Å². The molecule has 1 spiro atoms. The number of nitrogens with zero attached hydrogens (tertiary/aromatic N) is 2.